The number of hydrogen-bond donors (Lipinski definition) is 0. The summed E-state index contributed by atoms with van der Waals surface area (Å²) in [6.07, 6.45) is 12.9. The summed E-state index contributed by atoms with van der Waals surface area (Å²) in [6.45, 7) is 14.3. The number of hydrogen-bond acceptors (Lipinski definition) is 5. The number of aromatic nitrogens is 4. The van der Waals surface area contributed by atoms with Gasteiger partial charge in [-0.1, -0.05) is 80.1 Å². The van der Waals surface area contributed by atoms with E-state index < -0.39 is 16.5 Å². The third-order valence-electron chi connectivity index (χ3n) is 6.70. The Morgan fingerprint density at radius 3 is 1.42 bits per heavy atom. The van der Waals surface area contributed by atoms with Crippen molar-refractivity contribution in [2.24, 2.45) is 0 Å². The fourth-order valence-electron chi connectivity index (χ4n) is 6.11. The smallest absolute Gasteiger partial charge is 0.183 e. The molecule has 0 aromatic carbocycles. The molecule has 0 aliphatic rings. The monoisotopic (exact) mass is 459 g/mol. The minimum atomic E-state index is -1.79. The molecule has 2 heterocycles. The lowest BCUT2D eigenvalue weighted by Gasteiger charge is -2.54. The average molecular weight is 460 g/mol. The molecule has 0 radical (unpaired) electrons. The summed E-state index contributed by atoms with van der Waals surface area (Å²) >= 11 is 0. The molecule has 0 atom stereocenters. The van der Waals surface area contributed by atoms with Crippen LogP contribution in [0, 0.1) is 0 Å². The third-order valence-corrected chi connectivity index (χ3v) is 20.5. The van der Waals surface area contributed by atoms with Crippen LogP contribution in [0.25, 0.3) is 11.2 Å². The zero-order valence-electron chi connectivity index (χ0n) is 21.0. The van der Waals surface area contributed by atoms with Crippen LogP contribution in [-0.4, -0.2) is 36.4 Å². The van der Waals surface area contributed by atoms with E-state index in [0.717, 1.165) is 17.0 Å². The predicted octanol–water partition coefficient (Wildman–Crippen LogP) is 7.58. The fraction of sp³-hybridized carbons (Fsp3) is 0.750. The van der Waals surface area contributed by atoms with Crippen molar-refractivity contribution < 1.29 is 0 Å². The highest BCUT2D eigenvalue weighted by Gasteiger charge is 2.50. The molecule has 0 unspecified atom stereocenters. The molecule has 0 saturated heterocycles. The number of fused-ring (bicyclic) bond motifs is 1. The van der Waals surface area contributed by atoms with Gasteiger partial charge in [0.05, 0.1) is 0 Å². The van der Waals surface area contributed by atoms with Crippen molar-refractivity contribution in [1.82, 2.24) is 19.9 Å². The van der Waals surface area contributed by atoms with Gasteiger partial charge in [0.25, 0.3) is 0 Å². The molecule has 0 bridgehead atoms. The van der Waals surface area contributed by atoms with E-state index in [2.05, 4.69) is 55.7 Å². The van der Waals surface area contributed by atoms with Crippen LogP contribution in [0.1, 0.15) is 80.1 Å². The van der Waals surface area contributed by atoms with Crippen LogP contribution < -0.4 is 4.23 Å². The number of rotatable bonds is 15. The van der Waals surface area contributed by atoms with Gasteiger partial charge in [-0.25, -0.2) is 19.9 Å². The second-order valence-corrected chi connectivity index (χ2v) is 18.4. The van der Waals surface area contributed by atoms with Gasteiger partial charge in [-0.2, -0.15) is 0 Å². The Bertz CT molecular complexity index is 720. The maximum Gasteiger partial charge on any atom is 0.183 e. The molecule has 0 aliphatic carbocycles. The molecular weight excluding hydrogens is 414 g/mol. The van der Waals surface area contributed by atoms with E-state index in [0.29, 0.717) is 0 Å². The van der Waals surface area contributed by atoms with Crippen LogP contribution >= 0.6 is 0 Å². The molecule has 2 rings (SSSR count). The maximum atomic E-state index is 5.01. The van der Waals surface area contributed by atoms with Gasteiger partial charge < -0.3 is 4.23 Å². The first-order valence-electron chi connectivity index (χ1n) is 12.8. The fourth-order valence-corrected chi connectivity index (χ4v) is 21.8. The van der Waals surface area contributed by atoms with Gasteiger partial charge in [-0.15, -0.1) is 0 Å². The SMILES string of the molecule is CCC[Si](CCC)(CCC)N(c1ncnc2nccnc12)[Si](CCC)(CCC)CCC. The third kappa shape index (κ3) is 5.72. The van der Waals surface area contributed by atoms with Crippen LogP contribution in [0.5, 0.6) is 0 Å². The largest absolute Gasteiger partial charge is 0.406 e. The Kier molecular flexibility index (Phi) is 10.6. The van der Waals surface area contributed by atoms with Crippen LogP contribution in [-0.2, 0) is 0 Å². The van der Waals surface area contributed by atoms with Crippen LogP contribution in [0.15, 0.2) is 18.7 Å². The van der Waals surface area contributed by atoms with Gasteiger partial charge >= 0.3 is 0 Å². The van der Waals surface area contributed by atoms with Gasteiger partial charge in [0, 0.05) is 12.4 Å². The summed E-state index contributed by atoms with van der Waals surface area (Å²) in [5, 5.41) is 0. The lowest BCUT2D eigenvalue weighted by Crippen LogP contribution is -2.68. The minimum absolute atomic E-state index is 0.747. The lowest BCUT2D eigenvalue weighted by molar-refractivity contribution is 0.871. The topological polar surface area (TPSA) is 54.8 Å². The first-order valence-corrected chi connectivity index (χ1v) is 17.9. The highest BCUT2D eigenvalue weighted by atomic mass is 28.4. The first-order chi connectivity index (χ1) is 15.1. The Morgan fingerprint density at radius 1 is 0.581 bits per heavy atom. The van der Waals surface area contributed by atoms with Crippen LogP contribution in [0.3, 0.4) is 0 Å². The normalized spacial score (nSPS) is 12.5. The molecule has 0 N–H and O–H groups in total. The van der Waals surface area contributed by atoms with Crippen molar-refractivity contribution in [1.29, 1.82) is 0 Å². The highest BCUT2D eigenvalue weighted by Crippen LogP contribution is 2.44. The summed E-state index contributed by atoms with van der Waals surface area (Å²) < 4.78 is 3.06. The Morgan fingerprint density at radius 2 is 1.00 bits per heavy atom. The van der Waals surface area contributed by atoms with E-state index in [-0.39, 0.29) is 0 Å². The summed E-state index contributed by atoms with van der Waals surface area (Å²) in [4.78, 5) is 18.9. The lowest BCUT2D eigenvalue weighted by atomic mass is 10.5. The number of anilines is 1. The van der Waals surface area contributed by atoms with Gasteiger partial charge in [0.1, 0.15) is 34.1 Å². The predicted molar refractivity (Wildman–Crippen MR) is 140 cm³/mol. The highest BCUT2D eigenvalue weighted by molar-refractivity contribution is 7.02. The summed E-state index contributed by atoms with van der Waals surface area (Å²) in [5.41, 5.74) is 1.67. The van der Waals surface area contributed by atoms with Gasteiger partial charge in [-0.05, 0) is 36.3 Å². The molecule has 7 heteroatoms. The molecular formula is C24H45N5Si2. The van der Waals surface area contributed by atoms with Gasteiger partial charge in [-0.3, -0.25) is 0 Å². The maximum absolute atomic E-state index is 5.01. The van der Waals surface area contributed by atoms with E-state index in [4.69, 9.17) is 9.97 Å². The van der Waals surface area contributed by atoms with Crippen molar-refractivity contribution in [3.8, 4) is 0 Å². The number of nitrogens with zero attached hydrogens (tertiary/aromatic N) is 5. The quantitative estimate of drug-likeness (QED) is 0.257. The summed E-state index contributed by atoms with van der Waals surface area (Å²) in [5.74, 6) is 1.13. The molecule has 0 aliphatic heterocycles. The molecule has 5 nitrogen and oxygen atoms in total. The Balaban J connectivity index is 2.90. The molecule has 0 spiro atoms. The molecule has 0 saturated carbocycles. The van der Waals surface area contributed by atoms with Crippen molar-refractivity contribution in [3.05, 3.63) is 18.7 Å². The molecule has 2 aromatic rings. The van der Waals surface area contributed by atoms with E-state index in [1.54, 1.807) is 12.5 Å². The van der Waals surface area contributed by atoms with Crippen LogP contribution in [0.4, 0.5) is 5.82 Å². The summed E-state index contributed by atoms with van der Waals surface area (Å²) in [7, 11) is -3.59. The van der Waals surface area contributed by atoms with Crippen molar-refractivity contribution >= 4 is 33.5 Å². The summed E-state index contributed by atoms with van der Waals surface area (Å²) in [6, 6.07) is 8.12. The molecule has 174 valence electrons. The average Bonchev–Trinajstić information content (AvgIpc) is 2.75. The second kappa shape index (κ2) is 12.6. The Labute approximate surface area is 192 Å². The van der Waals surface area contributed by atoms with Gasteiger partial charge in [0.2, 0.25) is 0 Å². The van der Waals surface area contributed by atoms with Crippen LogP contribution in [0.2, 0.25) is 36.3 Å². The van der Waals surface area contributed by atoms with E-state index in [9.17, 15) is 0 Å². The minimum Gasteiger partial charge on any atom is -0.406 e. The molecule has 0 amide bonds. The van der Waals surface area contributed by atoms with E-state index in [1.807, 2.05) is 6.20 Å². The van der Waals surface area contributed by atoms with Crippen molar-refractivity contribution in [3.63, 3.8) is 0 Å². The standard InChI is InChI=1S/C24H45N5Si2/c1-7-15-30(16-8-2,17-9-3)29(31(18-10-4,19-11-5)20-12-6)24-22-23(27-21-28-24)26-14-13-25-22/h13-14,21H,7-12,15-20H2,1-6H3. The zero-order valence-corrected chi connectivity index (χ0v) is 23.0. The van der Waals surface area contributed by atoms with E-state index >= 15 is 0 Å². The molecule has 0 fully saturated rings. The van der Waals surface area contributed by atoms with Crippen molar-refractivity contribution in [2.75, 3.05) is 4.23 Å². The zero-order chi connectivity index (χ0) is 22.7. The Hall–Kier alpha value is -1.35. The van der Waals surface area contributed by atoms with Gasteiger partial charge in [0.15, 0.2) is 5.65 Å². The first kappa shape index (κ1) is 25.9. The molecule has 2 aromatic heterocycles. The van der Waals surface area contributed by atoms with Crippen molar-refractivity contribution in [2.45, 2.75) is 116 Å². The molecule has 31 heavy (non-hydrogen) atoms. The second-order valence-electron chi connectivity index (χ2n) is 9.21. The van der Waals surface area contributed by atoms with E-state index in [1.165, 1.54) is 74.8 Å².